The summed E-state index contributed by atoms with van der Waals surface area (Å²) < 4.78 is 2.47. The molecule has 1 aromatic heterocycles. The molecule has 0 radical (unpaired) electrons. The highest BCUT2D eigenvalue weighted by atomic mass is 15.1. The van der Waals surface area contributed by atoms with Gasteiger partial charge < -0.3 is 9.47 Å². The van der Waals surface area contributed by atoms with Crippen molar-refractivity contribution in [1.82, 2.24) is 9.47 Å². The molecule has 2 atom stereocenters. The van der Waals surface area contributed by atoms with Gasteiger partial charge in [-0.2, -0.15) is 0 Å². The average molecular weight is 226 g/mol. The van der Waals surface area contributed by atoms with Gasteiger partial charge >= 0.3 is 0 Å². The minimum Gasteiger partial charge on any atom is -0.347 e. The maximum absolute atomic E-state index is 2.48. The van der Waals surface area contributed by atoms with Gasteiger partial charge in [-0.05, 0) is 42.9 Å². The monoisotopic (exact) mass is 226 g/mol. The molecule has 1 fully saturated rings. The molecule has 0 bridgehead atoms. The number of rotatable bonds is 0. The van der Waals surface area contributed by atoms with Crippen molar-refractivity contribution in [3.05, 3.63) is 36.0 Å². The second kappa shape index (κ2) is 3.36. The highest BCUT2D eigenvalue weighted by Crippen LogP contribution is 2.41. The number of piperidine rings is 1. The molecule has 1 saturated heterocycles. The van der Waals surface area contributed by atoms with Crippen molar-refractivity contribution in [3.63, 3.8) is 0 Å². The Morgan fingerprint density at radius 1 is 1.18 bits per heavy atom. The molecule has 4 rings (SSSR count). The van der Waals surface area contributed by atoms with Gasteiger partial charge in [0.15, 0.2) is 0 Å². The van der Waals surface area contributed by atoms with Gasteiger partial charge in [-0.25, -0.2) is 0 Å². The molecule has 2 aromatic rings. The predicted octanol–water partition coefficient (Wildman–Crippen LogP) is 2.69. The van der Waals surface area contributed by atoms with Crippen molar-refractivity contribution < 1.29 is 0 Å². The lowest BCUT2D eigenvalue weighted by Crippen LogP contribution is -2.40. The van der Waals surface area contributed by atoms with Gasteiger partial charge in [-0.1, -0.05) is 18.2 Å². The SMILES string of the molecule is CN1CC[C@@H]2Cn3ccc4cccc(c43)[C@@H]2C1. The Morgan fingerprint density at radius 3 is 3.06 bits per heavy atom. The molecule has 2 heteroatoms. The van der Waals surface area contributed by atoms with Crippen LogP contribution in [0.3, 0.4) is 0 Å². The van der Waals surface area contributed by atoms with Crippen LogP contribution in [-0.2, 0) is 6.54 Å². The third-order valence-electron chi connectivity index (χ3n) is 4.61. The van der Waals surface area contributed by atoms with E-state index >= 15 is 0 Å². The summed E-state index contributed by atoms with van der Waals surface area (Å²) in [4.78, 5) is 2.48. The molecule has 2 aliphatic rings. The van der Waals surface area contributed by atoms with Crippen LogP contribution in [0.1, 0.15) is 17.9 Å². The molecule has 2 nitrogen and oxygen atoms in total. The highest BCUT2D eigenvalue weighted by Gasteiger charge is 2.33. The Hall–Kier alpha value is -1.28. The fourth-order valence-electron chi connectivity index (χ4n) is 3.73. The van der Waals surface area contributed by atoms with Gasteiger partial charge in [0.25, 0.3) is 0 Å². The van der Waals surface area contributed by atoms with Crippen molar-refractivity contribution >= 4 is 10.9 Å². The quantitative estimate of drug-likeness (QED) is 0.670. The molecule has 2 aliphatic heterocycles. The Kier molecular flexibility index (Phi) is 1.92. The van der Waals surface area contributed by atoms with E-state index in [0.29, 0.717) is 0 Å². The Balaban J connectivity index is 1.92. The van der Waals surface area contributed by atoms with E-state index in [1.54, 1.807) is 5.56 Å². The maximum Gasteiger partial charge on any atom is 0.0516 e. The molecule has 17 heavy (non-hydrogen) atoms. The molecule has 1 aromatic carbocycles. The first-order valence-corrected chi connectivity index (χ1v) is 6.59. The third-order valence-corrected chi connectivity index (χ3v) is 4.61. The summed E-state index contributed by atoms with van der Waals surface area (Å²) in [6.45, 7) is 3.71. The molecular formula is C15H18N2. The van der Waals surface area contributed by atoms with Crippen LogP contribution in [0.15, 0.2) is 30.5 Å². The van der Waals surface area contributed by atoms with Crippen LogP contribution in [0.4, 0.5) is 0 Å². The molecule has 3 heterocycles. The summed E-state index contributed by atoms with van der Waals surface area (Å²) in [5.74, 6) is 1.59. The van der Waals surface area contributed by atoms with Crippen molar-refractivity contribution in [2.45, 2.75) is 18.9 Å². The number of para-hydroxylation sites is 1. The first kappa shape index (κ1) is 9.72. The van der Waals surface area contributed by atoms with Crippen LogP contribution >= 0.6 is 0 Å². The van der Waals surface area contributed by atoms with Crippen LogP contribution in [0.25, 0.3) is 10.9 Å². The molecule has 0 N–H and O–H groups in total. The van der Waals surface area contributed by atoms with Crippen LogP contribution < -0.4 is 0 Å². The zero-order valence-electron chi connectivity index (χ0n) is 10.3. The van der Waals surface area contributed by atoms with Gasteiger partial charge in [-0.3, -0.25) is 0 Å². The summed E-state index contributed by atoms with van der Waals surface area (Å²) in [5, 5.41) is 1.41. The van der Waals surface area contributed by atoms with Crippen molar-refractivity contribution in [1.29, 1.82) is 0 Å². The zero-order valence-corrected chi connectivity index (χ0v) is 10.3. The normalized spacial score (nSPS) is 28.3. The summed E-state index contributed by atoms with van der Waals surface area (Å²) >= 11 is 0. The first-order chi connectivity index (χ1) is 8.33. The maximum atomic E-state index is 2.48. The van der Waals surface area contributed by atoms with Crippen molar-refractivity contribution in [2.24, 2.45) is 5.92 Å². The van der Waals surface area contributed by atoms with Crippen LogP contribution in [0.2, 0.25) is 0 Å². The summed E-state index contributed by atoms with van der Waals surface area (Å²) in [6.07, 6.45) is 3.61. The molecule has 0 amide bonds. The van der Waals surface area contributed by atoms with Gasteiger partial charge in [0.1, 0.15) is 0 Å². The number of benzene rings is 1. The first-order valence-electron chi connectivity index (χ1n) is 6.59. The topological polar surface area (TPSA) is 8.17 Å². The third kappa shape index (κ3) is 1.31. The lowest BCUT2D eigenvalue weighted by atomic mass is 9.78. The zero-order chi connectivity index (χ0) is 11.4. The lowest BCUT2D eigenvalue weighted by molar-refractivity contribution is 0.170. The van der Waals surface area contributed by atoms with Gasteiger partial charge in [0.2, 0.25) is 0 Å². The number of hydrogen-bond donors (Lipinski definition) is 0. The molecule has 0 saturated carbocycles. The molecule has 0 unspecified atom stereocenters. The number of likely N-dealkylation sites (tertiary alicyclic amines) is 1. The van der Waals surface area contributed by atoms with E-state index in [-0.39, 0.29) is 0 Å². The molecular weight excluding hydrogens is 208 g/mol. The van der Waals surface area contributed by atoms with Crippen LogP contribution in [0, 0.1) is 5.92 Å². The summed E-state index contributed by atoms with van der Waals surface area (Å²) in [6, 6.07) is 9.07. The second-order valence-electron chi connectivity index (χ2n) is 5.67. The van der Waals surface area contributed by atoms with Crippen LogP contribution in [-0.4, -0.2) is 29.6 Å². The number of fused-ring (bicyclic) bond motifs is 2. The van der Waals surface area contributed by atoms with Gasteiger partial charge in [-0.15, -0.1) is 0 Å². The Labute approximate surface area is 102 Å². The van der Waals surface area contributed by atoms with Crippen molar-refractivity contribution in [2.75, 3.05) is 20.1 Å². The lowest BCUT2D eigenvalue weighted by Gasteiger charge is -2.40. The molecule has 0 spiro atoms. The number of likely N-dealkylation sites (N-methyl/N-ethyl adjacent to an activating group) is 1. The fourth-order valence-corrected chi connectivity index (χ4v) is 3.73. The van der Waals surface area contributed by atoms with E-state index in [0.717, 1.165) is 11.8 Å². The van der Waals surface area contributed by atoms with Crippen molar-refractivity contribution in [3.8, 4) is 0 Å². The molecule has 88 valence electrons. The van der Waals surface area contributed by atoms with E-state index in [1.807, 2.05) is 0 Å². The van der Waals surface area contributed by atoms with E-state index in [9.17, 15) is 0 Å². The van der Waals surface area contributed by atoms with Gasteiger partial charge in [0.05, 0.1) is 5.52 Å². The minimum atomic E-state index is 0.750. The van der Waals surface area contributed by atoms with Crippen LogP contribution in [0.5, 0.6) is 0 Å². The largest absolute Gasteiger partial charge is 0.347 e. The average Bonchev–Trinajstić information content (AvgIpc) is 2.75. The second-order valence-corrected chi connectivity index (χ2v) is 5.67. The standard InChI is InChI=1S/C15H18N2/c1-16-7-5-12-9-17-8-6-11-3-2-4-13(15(11)17)14(12)10-16/h2-4,6,8,12,14H,5,7,9-10H2,1H3/t12-,14-/m1/s1. The summed E-state index contributed by atoms with van der Waals surface area (Å²) in [5.41, 5.74) is 3.07. The number of nitrogens with zero attached hydrogens (tertiary/aromatic N) is 2. The van der Waals surface area contributed by atoms with E-state index in [1.165, 1.54) is 37.0 Å². The van der Waals surface area contributed by atoms with Gasteiger partial charge in [0, 0.05) is 25.2 Å². The Bertz CT molecular complexity index is 569. The Morgan fingerprint density at radius 2 is 2.12 bits per heavy atom. The number of aromatic nitrogens is 1. The summed E-state index contributed by atoms with van der Waals surface area (Å²) in [7, 11) is 2.25. The van der Waals surface area contributed by atoms with E-state index in [4.69, 9.17) is 0 Å². The molecule has 0 aliphatic carbocycles. The number of hydrogen-bond acceptors (Lipinski definition) is 1. The predicted molar refractivity (Wildman–Crippen MR) is 70.3 cm³/mol. The fraction of sp³-hybridized carbons (Fsp3) is 0.467. The smallest absolute Gasteiger partial charge is 0.0516 e. The minimum absolute atomic E-state index is 0.750. The van der Waals surface area contributed by atoms with E-state index in [2.05, 4.69) is 47.0 Å². The highest BCUT2D eigenvalue weighted by molar-refractivity contribution is 5.84. The van der Waals surface area contributed by atoms with E-state index < -0.39 is 0 Å².